The number of nitrogens with zero attached hydrogens (tertiary/aromatic N) is 2. The van der Waals surface area contributed by atoms with Gasteiger partial charge in [-0.3, -0.25) is 9.59 Å². The molecule has 0 aliphatic carbocycles. The molecule has 0 radical (unpaired) electrons. The fourth-order valence-electron chi connectivity index (χ4n) is 1.86. The molecule has 7 heteroatoms. The lowest BCUT2D eigenvalue weighted by atomic mass is 10.2. The molecule has 0 fully saturated rings. The Bertz CT molecular complexity index is 712. The lowest BCUT2D eigenvalue weighted by Crippen LogP contribution is -2.13. The van der Waals surface area contributed by atoms with E-state index in [1.54, 1.807) is 6.92 Å². The van der Waals surface area contributed by atoms with Gasteiger partial charge in [0.05, 0.1) is 17.7 Å². The number of H-pyrrole nitrogens is 1. The Morgan fingerprint density at radius 3 is 2.85 bits per heavy atom. The van der Waals surface area contributed by atoms with Crippen molar-refractivity contribution in [1.29, 1.82) is 0 Å². The SMILES string of the molecule is CCOC(=O)CSc1nc2nc(C)cc(C)c2c(=O)[nH]1. The van der Waals surface area contributed by atoms with E-state index < -0.39 is 0 Å². The highest BCUT2D eigenvalue weighted by Gasteiger charge is 2.10. The third-order valence-electron chi connectivity index (χ3n) is 2.61. The maximum absolute atomic E-state index is 12.0. The van der Waals surface area contributed by atoms with Crippen molar-refractivity contribution >= 4 is 28.8 Å². The molecule has 0 bridgehead atoms. The van der Waals surface area contributed by atoms with Crippen LogP contribution >= 0.6 is 11.8 Å². The summed E-state index contributed by atoms with van der Waals surface area (Å²) in [5, 5.41) is 0.851. The second kappa shape index (κ2) is 6.04. The van der Waals surface area contributed by atoms with Gasteiger partial charge in [0.15, 0.2) is 10.8 Å². The van der Waals surface area contributed by atoms with Gasteiger partial charge in [-0.25, -0.2) is 9.97 Å². The Labute approximate surface area is 120 Å². The molecule has 20 heavy (non-hydrogen) atoms. The number of rotatable bonds is 4. The number of carbonyl (C=O) groups excluding carboxylic acids is 1. The van der Waals surface area contributed by atoms with Gasteiger partial charge < -0.3 is 9.72 Å². The van der Waals surface area contributed by atoms with Crippen molar-refractivity contribution in [3.8, 4) is 0 Å². The molecule has 2 aromatic heterocycles. The number of pyridine rings is 1. The fourth-order valence-corrected chi connectivity index (χ4v) is 2.51. The summed E-state index contributed by atoms with van der Waals surface area (Å²) in [5.74, 6) is -0.235. The second-order valence-corrected chi connectivity index (χ2v) is 5.21. The normalized spacial score (nSPS) is 10.8. The Hall–Kier alpha value is -1.89. The molecule has 2 aromatic rings. The van der Waals surface area contributed by atoms with Crippen molar-refractivity contribution in [2.24, 2.45) is 0 Å². The number of hydrogen-bond acceptors (Lipinski definition) is 6. The summed E-state index contributed by atoms with van der Waals surface area (Å²) >= 11 is 1.13. The van der Waals surface area contributed by atoms with E-state index in [2.05, 4.69) is 15.0 Å². The van der Waals surface area contributed by atoms with Crippen molar-refractivity contribution in [3.05, 3.63) is 27.7 Å². The number of nitrogens with one attached hydrogen (secondary N) is 1. The van der Waals surface area contributed by atoms with Crippen molar-refractivity contribution in [1.82, 2.24) is 15.0 Å². The maximum atomic E-state index is 12.0. The number of aromatic nitrogens is 3. The van der Waals surface area contributed by atoms with Crippen LogP contribution in [0.2, 0.25) is 0 Å². The van der Waals surface area contributed by atoms with Gasteiger partial charge in [-0.1, -0.05) is 11.8 Å². The Morgan fingerprint density at radius 2 is 2.15 bits per heavy atom. The first-order chi connectivity index (χ1) is 9.51. The molecule has 0 aromatic carbocycles. The summed E-state index contributed by atoms with van der Waals surface area (Å²) in [4.78, 5) is 34.5. The van der Waals surface area contributed by atoms with E-state index in [4.69, 9.17) is 4.74 Å². The van der Waals surface area contributed by atoms with Crippen molar-refractivity contribution in [2.45, 2.75) is 25.9 Å². The number of hydrogen-bond donors (Lipinski definition) is 1. The summed E-state index contributed by atoms with van der Waals surface area (Å²) in [7, 11) is 0. The van der Waals surface area contributed by atoms with E-state index in [-0.39, 0.29) is 17.3 Å². The largest absolute Gasteiger partial charge is 0.465 e. The van der Waals surface area contributed by atoms with Gasteiger partial charge in [-0.05, 0) is 32.4 Å². The molecule has 2 rings (SSSR count). The molecule has 0 aliphatic rings. The average Bonchev–Trinajstić information content (AvgIpc) is 2.35. The molecule has 0 aliphatic heterocycles. The van der Waals surface area contributed by atoms with Crippen molar-refractivity contribution in [2.75, 3.05) is 12.4 Å². The van der Waals surface area contributed by atoms with Gasteiger partial charge in [0.25, 0.3) is 5.56 Å². The molecule has 1 N–H and O–H groups in total. The first-order valence-electron chi connectivity index (χ1n) is 6.18. The van der Waals surface area contributed by atoms with Crippen LogP contribution in [0.25, 0.3) is 11.0 Å². The number of esters is 1. The summed E-state index contributed by atoms with van der Waals surface area (Å²) in [6, 6.07) is 1.84. The van der Waals surface area contributed by atoms with Crippen LogP contribution < -0.4 is 5.56 Å². The predicted octanol–water partition coefficient (Wildman–Crippen LogP) is 1.59. The maximum Gasteiger partial charge on any atom is 0.316 e. The quantitative estimate of drug-likeness (QED) is 0.523. The Kier molecular flexibility index (Phi) is 4.39. The van der Waals surface area contributed by atoms with Crippen LogP contribution in [0, 0.1) is 13.8 Å². The molecule has 6 nitrogen and oxygen atoms in total. The fraction of sp³-hybridized carbons (Fsp3) is 0.385. The molecule has 2 heterocycles. The number of thioether (sulfide) groups is 1. The number of aromatic amines is 1. The standard InChI is InChI=1S/C13H15N3O3S/c1-4-19-9(17)6-20-13-15-11-10(12(18)16-13)7(2)5-8(3)14-11/h5H,4,6H2,1-3H3,(H,14,15,16,18). The summed E-state index contributed by atoms with van der Waals surface area (Å²) in [5.41, 5.74) is 1.79. The van der Waals surface area contributed by atoms with E-state index in [1.165, 1.54) is 0 Å². The monoisotopic (exact) mass is 293 g/mol. The Morgan fingerprint density at radius 1 is 1.40 bits per heavy atom. The van der Waals surface area contributed by atoms with Crippen LogP contribution in [-0.2, 0) is 9.53 Å². The number of ether oxygens (including phenoxy) is 1. The summed E-state index contributed by atoms with van der Waals surface area (Å²) in [6.07, 6.45) is 0. The first-order valence-corrected chi connectivity index (χ1v) is 7.16. The minimum absolute atomic E-state index is 0.104. The average molecular weight is 293 g/mol. The highest BCUT2D eigenvalue weighted by molar-refractivity contribution is 7.99. The molecular weight excluding hydrogens is 278 g/mol. The van der Waals surface area contributed by atoms with E-state index in [0.29, 0.717) is 22.8 Å². The Balaban J connectivity index is 2.33. The van der Waals surface area contributed by atoms with Crippen LogP contribution in [0.5, 0.6) is 0 Å². The molecule has 0 amide bonds. The van der Waals surface area contributed by atoms with Crippen molar-refractivity contribution in [3.63, 3.8) is 0 Å². The molecule has 0 spiro atoms. The number of aryl methyl sites for hydroxylation is 2. The van der Waals surface area contributed by atoms with Gasteiger partial charge in [0.2, 0.25) is 0 Å². The second-order valence-electron chi connectivity index (χ2n) is 4.24. The van der Waals surface area contributed by atoms with E-state index in [0.717, 1.165) is 23.0 Å². The topological polar surface area (TPSA) is 84.9 Å². The lowest BCUT2D eigenvalue weighted by molar-refractivity contribution is -0.139. The van der Waals surface area contributed by atoms with Gasteiger partial charge in [-0.15, -0.1) is 0 Å². The van der Waals surface area contributed by atoms with E-state index in [9.17, 15) is 9.59 Å². The smallest absolute Gasteiger partial charge is 0.316 e. The zero-order chi connectivity index (χ0) is 14.7. The first kappa shape index (κ1) is 14.5. The molecule has 0 saturated carbocycles. The third kappa shape index (κ3) is 3.16. The number of fused-ring (bicyclic) bond motifs is 1. The van der Waals surface area contributed by atoms with Gasteiger partial charge >= 0.3 is 5.97 Å². The molecule has 0 unspecified atom stereocenters. The minimum Gasteiger partial charge on any atom is -0.465 e. The molecule has 106 valence electrons. The third-order valence-corrected chi connectivity index (χ3v) is 3.46. The van der Waals surface area contributed by atoms with E-state index in [1.807, 2.05) is 19.9 Å². The van der Waals surface area contributed by atoms with Crippen LogP contribution in [0.15, 0.2) is 16.0 Å². The van der Waals surface area contributed by atoms with Crippen LogP contribution in [0.1, 0.15) is 18.2 Å². The zero-order valence-electron chi connectivity index (χ0n) is 11.5. The minimum atomic E-state index is -0.339. The highest BCUT2D eigenvalue weighted by Crippen LogP contribution is 2.16. The molecular formula is C13H15N3O3S. The number of carbonyl (C=O) groups is 1. The zero-order valence-corrected chi connectivity index (χ0v) is 12.3. The lowest BCUT2D eigenvalue weighted by Gasteiger charge is -2.05. The highest BCUT2D eigenvalue weighted by atomic mass is 32.2. The van der Waals surface area contributed by atoms with Crippen molar-refractivity contribution < 1.29 is 9.53 Å². The summed E-state index contributed by atoms with van der Waals surface area (Å²) < 4.78 is 4.82. The van der Waals surface area contributed by atoms with Gasteiger partial charge in [0, 0.05) is 5.69 Å². The van der Waals surface area contributed by atoms with Gasteiger partial charge in [0.1, 0.15) is 0 Å². The van der Waals surface area contributed by atoms with Crippen LogP contribution in [0.4, 0.5) is 0 Å². The summed E-state index contributed by atoms with van der Waals surface area (Å²) in [6.45, 7) is 5.77. The van der Waals surface area contributed by atoms with E-state index >= 15 is 0 Å². The van der Waals surface area contributed by atoms with Crippen LogP contribution in [0.3, 0.4) is 0 Å². The molecule has 0 saturated heterocycles. The van der Waals surface area contributed by atoms with Gasteiger partial charge in [-0.2, -0.15) is 0 Å². The predicted molar refractivity (Wildman–Crippen MR) is 77.0 cm³/mol. The molecule has 0 atom stereocenters. The van der Waals surface area contributed by atoms with Crippen LogP contribution in [-0.4, -0.2) is 33.3 Å².